The molecule has 1 aromatic carbocycles. The highest BCUT2D eigenvalue weighted by Crippen LogP contribution is 2.15. The van der Waals surface area contributed by atoms with Gasteiger partial charge in [0.25, 0.3) is 0 Å². The first-order valence-electron chi connectivity index (χ1n) is 6.02. The maximum Gasteiger partial charge on any atom is 0.212 e. The van der Waals surface area contributed by atoms with Gasteiger partial charge in [-0.1, -0.05) is 6.07 Å². The van der Waals surface area contributed by atoms with Gasteiger partial charge in [-0.05, 0) is 29.8 Å². The summed E-state index contributed by atoms with van der Waals surface area (Å²) in [6.45, 7) is 0.606. The van der Waals surface area contributed by atoms with Crippen molar-refractivity contribution in [2.45, 2.75) is 11.4 Å². The summed E-state index contributed by atoms with van der Waals surface area (Å²) in [7, 11) is -1.57. The lowest BCUT2D eigenvalue weighted by molar-refractivity contribution is 0.397. The predicted octanol–water partition coefficient (Wildman–Crippen LogP) is 2.11. The van der Waals surface area contributed by atoms with Gasteiger partial charge in [-0.25, -0.2) is 13.4 Å². The van der Waals surface area contributed by atoms with Crippen molar-refractivity contribution >= 4 is 15.5 Å². The van der Waals surface area contributed by atoms with Gasteiger partial charge in [0.1, 0.15) is 0 Å². The third-order valence-corrected chi connectivity index (χ3v) is 3.91. The van der Waals surface area contributed by atoms with Crippen LogP contribution in [0.2, 0.25) is 0 Å². The molecule has 0 bridgehead atoms. The fourth-order valence-electron chi connectivity index (χ4n) is 1.66. The molecule has 1 N–H and O–H groups in total. The van der Waals surface area contributed by atoms with Crippen molar-refractivity contribution < 1.29 is 13.2 Å². The molecule has 5 nitrogen and oxygen atoms in total. The highest BCUT2D eigenvalue weighted by molar-refractivity contribution is 7.90. The number of hydrogen-bond donors (Lipinski definition) is 1. The second-order valence-electron chi connectivity index (χ2n) is 4.36. The molecule has 106 valence electrons. The Balaban J connectivity index is 2.00. The van der Waals surface area contributed by atoms with E-state index in [-0.39, 0.29) is 0 Å². The Kier molecular flexibility index (Phi) is 4.24. The summed E-state index contributed by atoms with van der Waals surface area (Å²) in [5.74, 6) is 0.575. The number of nitrogens with one attached hydrogen (secondary N) is 1. The van der Waals surface area contributed by atoms with Gasteiger partial charge in [-0.2, -0.15) is 0 Å². The molecule has 0 aliphatic carbocycles. The number of hydrogen-bond acceptors (Lipinski definition) is 5. The Bertz CT molecular complexity index is 665. The van der Waals surface area contributed by atoms with Crippen LogP contribution in [0.25, 0.3) is 0 Å². The van der Waals surface area contributed by atoms with Crippen molar-refractivity contribution in [2.24, 2.45) is 0 Å². The number of benzene rings is 1. The molecule has 1 heterocycles. The lowest BCUT2D eigenvalue weighted by atomic mass is 10.2. The Morgan fingerprint density at radius 3 is 2.35 bits per heavy atom. The van der Waals surface area contributed by atoms with Gasteiger partial charge in [0.2, 0.25) is 5.88 Å². The van der Waals surface area contributed by atoms with Crippen LogP contribution in [0.5, 0.6) is 5.88 Å². The van der Waals surface area contributed by atoms with E-state index in [4.69, 9.17) is 4.74 Å². The highest BCUT2D eigenvalue weighted by atomic mass is 32.2. The number of anilines is 1. The van der Waals surface area contributed by atoms with E-state index < -0.39 is 9.84 Å². The molecule has 20 heavy (non-hydrogen) atoms. The summed E-state index contributed by atoms with van der Waals surface area (Å²) in [5, 5.41) is 3.20. The van der Waals surface area contributed by atoms with Crippen LogP contribution in [-0.2, 0) is 16.4 Å². The highest BCUT2D eigenvalue weighted by Gasteiger charge is 2.05. The maximum atomic E-state index is 11.3. The molecule has 0 spiro atoms. The average molecular weight is 292 g/mol. The first-order chi connectivity index (χ1) is 9.49. The lowest BCUT2D eigenvalue weighted by Gasteiger charge is -2.07. The molecule has 2 aromatic rings. The smallest absolute Gasteiger partial charge is 0.212 e. The minimum atomic E-state index is -3.15. The van der Waals surface area contributed by atoms with Crippen LogP contribution in [0, 0.1) is 0 Å². The second-order valence-corrected chi connectivity index (χ2v) is 6.37. The Morgan fingerprint density at radius 1 is 1.15 bits per heavy atom. The SMILES string of the molecule is COc1ccc(CNc2ccc(S(C)(=O)=O)cc2)cn1. The van der Waals surface area contributed by atoms with Crippen molar-refractivity contribution in [2.75, 3.05) is 18.7 Å². The van der Waals surface area contributed by atoms with E-state index in [0.29, 0.717) is 17.3 Å². The van der Waals surface area contributed by atoms with Crippen molar-refractivity contribution in [3.05, 3.63) is 48.2 Å². The van der Waals surface area contributed by atoms with Crippen LogP contribution < -0.4 is 10.1 Å². The van der Waals surface area contributed by atoms with Gasteiger partial charge in [-0.3, -0.25) is 0 Å². The van der Waals surface area contributed by atoms with Crippen LogP contribution in [0.4, 0.5) is 5.69 Å². The van der Waals surface area contributed by atoms with Crippen LogP contribution in [-0.4, -0.2) is 26.8 Å². The van der Waals surface area contributed by atoms with E-state index in [1.165, 1.54) is 6.26 Å². The normalized spacial score (nSPS) is 11.1. The molecule has 2 rings (SSSR count). The summed E-state index contributed by atoms with van der Waals surface area (Å²) >= 11 is 0. The number of sulfone groups is 1. The summed E-state index contributed by atoms with van der Waals surface area (Å²) in [6, 6.07) is 10.4. The van der Waals surface area contributed by atoms with Gasteiger partial charge in [-0.15, -0.1) is 0 Å². The Labute approximate surface area is 118 Å². The van der Waals surface area contributed by atoms with Gasteiger partial charge >= 0.3 is 0 Å². The van der Waals surface area contributed by atoms with E-state index in [1.807, 2.05) is 6.07 Å². The Morgan fingerprint density at radius 2 is 1.85 bits per heavy atom. The van der Waals surface area contributed by atoms with Gasteiger partial charge in [0, 0.05) is 30.8 Å². The minimum Gasteiger partial charge on any atom is -0.481 e. The molecular weight excluding hydrogens is 276 g/mol. The van der Waals surface area contributed by atoms with E-state index >= 15 is 0 Å². The minimum absolute atomic E-state index is 0.314. The third-order valence-electron chi connectivity index (χ3n) is 2.79. The summed E-state index contributed by atoms with van der Waals surface area (Å²) in [5.41, 5.74) is 1.87. The van der Waals surface area contributed by atoms with Crippen LogP contribution in [0.3, 0.4) is 0 Å². The first-order valence-corrected chi connectivity index (χ1v) is 7.91. The van der Waals surface area contributed by atoms with E-state index in [9.17, 15) is 8.42 Å². The van der Waals surface area contributed by atoms with Crippen molar-refractivity contribution in [3.63, 3.8) is 0 Å². The molecule has 0 amide bonds. The molecule has 0 aliphatic rings. The average Bonchev–Trinajstić information content (AvgIpc) is 2.45. The zero-order valence-electron chi connectivity index (χ0n) is 11.3. The topological polar surface area (TPSA) is 68.3 Å². The van der Waals surface area contributed by atoms with E-state index in [2.05, 4.69) is 10.3 Å². The summed E-state index contributed by atoms with van der Waals surface area (Å²) in [6.07, 6.45) is 2.93. The van der Waals surface area contributed by atoms with Crippen molar-refractivity contribution in [1.29, 1.82) is 0 Å². The molecule has 0 saturated carbocycles. The monoisotopic (exact) mass is 292 g/mol. The third kappa shape index (κ3) is 3.71. The Hall–Kier alpha value is -2.08. The fraction of sp³-hybridized carbons (Fsp3) is 0.214. The standard InChI is InChI=1S/C14H16N2O3S/c1-19-14-8-3-11(10-16-14)9-15-12-4-6-13(7-5-12)20(2,17)18/h3-8,10,15H,9H2,1-2H3. The predicted molar refractivity (Wildman–Crippen MR) is 77.7 cm³/mol. The molecule has 0 atom stereocenters. The number of rotatable bonds is 5. The van der Waals surface area contributed by atoms with Gasteiger partial charge in [0.05, 0.1) is 12.0 Å². The maximum absolute atomic E-state index is 11.3. The summed E-state index contributed by atoms with van der Waals surface area (Å²) < 4.78 is 27.7. The first kappa shape index (κ1) is 14.3. The number of ether oxygens (including phenoxy) is 1. The van der Waals surface area contributed by atoms with Gasteiger partial charge < -0.3 is 10.1 Å². The number of pyridine rings is 1. The molecule has 1 aromatic heterocycles. The molecule has 0 fully saturated rings. The summed E-state index contributed by atoms with van der Waals surface area (Å²) in [4.78, 5) is 4.43. The number of aromatic nitrogens is 1. The molecule has 0 radical (unpaired) electrons. The quantitative estimate of drug-likeness (QED) is 0.914. The zero-order valence-corrected chi connectivity index (χ0v) is 12.1. The van der Waals surface area contributed by atoms with Crippen molar-refractivity contribution in [1.82, 2.24) is 4.98 Å². The zero-order chi connectivity index (χ0) is 14.6. The molecule has 0 saturated heterocycles. The number of methoxy groups -OCH3 is 1. The van der Waals surface area contributed by atoms with E-state index in [0.717, 1.165) is 11.3 Å². The van der Waals surface area contributed by atoms with Gasteiger partial charge in [0.15, 0.2) is 9.84 Å². The number of nitrogens with zero attached hydrogens (tertiary/aromatic N) is 1. The largest absolute Gasteiger partial charge is 0.481 e. The van der Waals surface area contributed by atoms with Crippen LogP contribution in [0.15, 0.2) is 47.5 Å². The van der Waals surface area contributed by atoms with E-state index in [1.54, 1.807) is 43.6 Å². The molecule has 0 aliphatic heterocycles. The molecule has 6 heteroatoms. The second kappa shape index (κ2) is 5.92. The van der Waals surface area contributed by atoms with Crippen LogP contribution in [0.1, 0.15) is 5.56 Å². The molecule has 0 unspecified atom stereocenters. The van der Waals surface area contributed by atoms with Crippen LogP contribution >= 0.6 is 0 Å². The lowest BCUT2D eigenvalue weighted by Crippen LogP contribution is -2.01. The fourth-order valence-corrected chi connectivity index (χ4v) is 2.29. The molecular formula is C14H16N2O3S. The van der Waals surface area contributed by atoms with Crippen molar-refractivity contribution in [3.8, 4) is 5.88 Å².